The van der Waals surface area contributed by atoms with Crippen LogP contribution in [0.15, 0.2) is 42.7 Å². The van der Waals surface area contributed by atoms with Crippen molar-refractivity contribution >= 4 is 34.2 Å². The molecule has 0 aliphatic carbocycles. The van der Waals surface area contributed by atoms with Crippen molar-refractivity contribution in [2.75, 3.05) is 5.73 Å². The Bertz CT molecular complexity index is 1320. The first kappa shape index (κ1) is 20.8. The maximum Gasteiger partial charge on any atom is 0.416 e. The summed E-state index contributed by atoms with van der Waals surface area (Å²) in [5.41, 5.74) is 7.77. The van der Waals surface area contributed by atoms with Gasteiger partial charge in [0.25, 0.3) is 0 Å². The van der Waals surface area contributed by atoms with Gasteiger partial charge in [-0.15, -0.1) is 0 Å². The number of hydrogen-bond acceptors (Lipinski definition) is 5. The van der Waals surface area contributed by atoms with E-state index in [1.54, 1.807) is 12.1 Å². The molecule has 0 bridgehead atoms. The van der Waals surface area contributed by atoms with Crippen molar-refractivity contribution in [1.82, 2.24) is 19.9 Å². The second-order valence-electron chi connectivity index (χ2n) is 6.98. The number of fused-ring (bicyclic) bond motifs is 1. The van der Waals surface area contributed by atoms with Gasteiger partial charge in [0.05, 0.1) is 16.6 Å². The van der Waals surface area contributed by atoms with Crippen LogP contribution in [0.1, 0.15) is 27.2 Å². The minimum atomic E-state index is -4.44. The number of hydrogen-bond donors (Lipinski definition) is 2. The second kappa shape index (κ2) is 7.66. The van der Waals surface area contributed by atoms with Crippen molar-refractivity contribution < 1.29 is 18.0 Å². The zero-order valence-electron chi connectivity index (χ0n) is 16.1. The van der Waals surface area contributed by atoms with Gasteiger partial charge < -0.3 is 10.7 Å². The number of aromatic amines is 1. The standard InChI is InChI=1S/C21H15ClF3N5O/c1-10-2-3-11(6-12(10)7-16(31)18-17(22)19(26)28-9-27-18)20-29-14-5-4-13(21(23,24)25)8-15(14)30-20/h2-6,8-9H,7H2,1H3,(H,29,30)(H2,26,27,28). The molecule has 0 saturated heterocycles. The Labute approximate surface area is 179 Å². The van der Waals surface area contributed by atoms with Crippen molar-refractivity contribution in [3.05, 3.63) is 70.1 Å². The van der Waals surface area contributed by atoms with Crippen LogP contribution in [0.4, 0.5) is 19.0 Å². The summed E-state index contributed by atoms with van der Waals surface area (Å²) in [5.74, 6) is 0.0807. The van der Waals surface area contributed by atoms with Crippen LogP contribution < -0.4 is 5.73 Å². The highest BCUT2D eigenvalue weighted by Crippen LogP contribution is 2.32. The lowest BCUT2D eigenvalue weighted by Crippen LogP contribution is -2.10. The number of alkyl halides is 3. The highest BCUT2D eigenvalue weighted by atomic mass is 35.5. The van der Waals surface area contributed by atoms with Gasteiger partial charge in [0, 0.05) is 12.0 Å². The largest absolute Gasteiger partial charge is 0.416 e. The molecule has 0 unspecified atom stereocenters. The number of nitrogen functional groups attached to an aromatic ring is 1. The molecule has 10 heteroatoms. The molecule has 0 radical (unpaired) electrons. The van der Waals surface area contributed by atoms with Crippen LogP contribution in [-0.2, 0) is 12.6 Å². The Morgan fingerprint density at radius 3 is 2.68 bits per heavy atom. The van der Waals surface area contributed by atoms with Crippen molar-refractivity contribution in [3.63, 3.8) is 0 Å². The molecule has 4 rings (SSSR count). The van der Waals surface area contributed by atoms with E-state index in [0.29, 0.717) is 22.5 Å². The molecule has 0 spiro atoms. The van der Waals surface area contributed by atoms with E-state index < -0.39 is 11.7 Å². The van der Waals surface area contributed by atoms with Crippen molar-refractivity contribution in [2.45, 2.75) is 19.5 Å². The summed E-state index contributed by atoms with van der Waals surface area (Å²) < 4.78 is 38.9. The summed E-state index contributed by atoms with van der Waals surface area (Å²) in [4.78, 5) is 27.7. The van der Waals surface area contributed by atoms with Gasteiger partial charge in [-0.3, -0.25) is 4.79 Å². The number of nitrogens with two attached hydrogens (primary N) is 1. The molecule has 2 aromatic carbocycles. The fraction of sp³-hybridized carbons (Fsp3) is 0.143. The monoisotopic (exact) mass is 445 g/mol. The quantitative estimate of drug-likeness (QED) is 0.430. The van der Waals surface area contributed by atoms with Crippen LogP contribution in [0.2, 0.25) is 5.02 Å². The summed E-state index contributed by atoms with van der Waals surface area (Å²) in [5, 5.41) is -0.000870. The molecule has 3 N–H and O–H groups in total. The minimum Gasteiger partial charge on any atom is -0.382 e. The number of Topliss-reactive ketones (excluding diaryl/α,β-unsaturated/α-hetero) is 1. The van der Waals surface area contributed by atoms with E-state index >= 15 is 0 Å². The molecule has 31 heavy (non-hydrogen) atoms. The Hall–Kier alpha value is -3.46. The highest BCUT2D eigenvalue weighted by Gasteiger charge is 2.30. The number of rotatable bonds is 4. The third-order valence-corrected chi connectivity index (χ3v) is 5.24. The zero-order valence-corrected chi connectivity index (χ0v) is 16.8. The number of carbonyl (C=O) groups excluding carboxylic acids is 1. The number of nitrogens with one attached hydrogen (secondary N) is 1. The summed E-state index contributed by atoms with van der Waals surface area (Å²) in [6.45, 7) is 1.84. The molecule has 4 aromatic rings. The zero-order chi connectivity index (χ0) is 22.3. The summed E-state index contributed by atoms with van der Waals surface area (Å²) in [7, 11) is 0. The SMILES string of the molecule is Cc1ccc(-c2nc3ccc(C(F)(F)F)cc3[nH]2)cc1CC(=O)c1ncnc(N)c1Cl. The van der Waals surface area contributed by atoms with Crippen LogP contribution in [0.5, 0.6) is 0 Å². The molecule has 0 aliphatic rings. The predicted molar refractivity (Wildman–Crippen MR) is 111 cm³/mol. The summed E-state index contributed by atoms with van der Waals surface area (Å²) in [6, 6.07) is 8.67. The maximum atomic E-state index is 13.0. The lowest BCUT2D eigenvalue weighted by molar-refractivity contribution is -0.137. The molecule has 0 saturated carbocycles. The molecule has 2 aromatic heterocycles. The third kappa shape index (κ3) is 4.09. The van der Waals surface area contributed by atoms with Crippen LogP contribution in [0.3, 0.4) is 0 Å². The average molecular weight is 446 g/mol. The van der Waals surface area contributed by atoms with E-state index in [4.69, 9.17) is 17.3 Å². The van der Waals surface area contributed by atoms with Gasteiger partial charge in [0.1, 0.15) is 28.7 Å². The number of aromatic nitrogens is 4. The van der Waals surface area contributed by atoms with Gasteiger partial charge in [0.15, 0.2) is 5.78 Å². The van der Waals surface area contributed by atoms with Crippen LogP contribution >= 0.6 is 11.6 Å². The number of halogens is 4. The molecule has 6 nitrogen and oxygen atoms in total. The van der Waals surface area contributed by atoms with Crippen molar-refractivity contribution in [2.24, 2.45) is 0 Å². The Morgan fingerprint density at radius 1 is 1.16 bits per heavy atom. The number of H-pyrrole nitrogens is 1. The van der Waals surface area contributed by atoms with E-state index in [-0.39, 0.29) is 34.3 Å². The summed E-state index contributed by atoms with van der Waals surface area (Å²) >= 11 is 6.05. The van der Waals surface area contributed by atoms with Gasteiger partial charge >= 0.3 is 6.18 Å². The van der Waals surface area contributed by atoms with Gasteiger partial charge in [0.2, 0.25) is 0 Å². The smallest absolute Gasteiger partial charge is 0.382 e. The average Bonchev–Trinajstić information content (AvgIpc) is 3.14. The van der Waals surface area contributed by atoms with Gasteiger partial charge in [-0.05, 0) is 42.3 Å². The first-order valence-electron chi connectivity index (χ1n) is 9.09. The van der Waals surface area contributed by atoms with Gasteiger partial charge in [-0.1, -0.05) is 23.7 Å². The van der Waals surface area contributed by atoms with Crippen LogP contribution in [0.25, 0.3) is 22.4 Å². The first-order valence-corrected chi connectivity index (χ1v) is 9.47. The maximum absolute atomic E-state index is 13.0. The number of benzene rings is 2. The van der Waals surface area contributed by atoms with Crippen molar-refractivity contribution in [3.8, 4) is 11.4 Å². The van der Waals surface area contributed by atoms with Crippen molar-refractivity contribution in [1.29, 1.82) is 0 Å². The highest BCUT2D eigenvalue weighted by molar-refractivity contribution is 6.35. The van der Waals surface area contributed by atoms with E-state index in [2.05, 4.69) is 19.9 Å². The lowest BCUT2D eigenvalue weighted by Gasteiger charge is -2.08. The molecule has 0 aliphatic heterocycles. The first-order chi connectivity index (χ1) is 14.6. The topological polar surface area (TPSA) is 97.5 Å². The van der Waals surface area contributed by atoms with E-state index in [9.17, 15) is 18.0 Å². The molecule has 0 atom stereocenters. The molecular formula is C21H15ClF3N5O. The second-order valence-corrected chi connectivity index (χ2v) is 7.36. The van der Waals surface area contributed by atoms with Gasteiger partial charge in [-0.25, -0.2) is 15.0 Å². The number of ketones is 1. The number of nitrogens with zero attached hydrogens (tertiary/aromatic N) is 3. The Morgan fingerprint density at radius 2 is 1.94 bits per heavy atom. The number of carbonyl (C=O) groups is 1. The fourth-order valence-electron chi connectivity index (χ4n) is 3.17. The number of imidazole rings is 1. The Kier molecular flexibility index (Phi) is 5.14. The lowest BCUT2D eigenvalue weighted by atomic mass is 9.99. The summed E-state index contributed by atoms with van der Waals surface area (Å²) in [6.07, 6.45) is -3.27. The molecule has 2 heterocycles. The molecule has 0 amide bonds. The molecule has 0 fully saturated rings. The third-order valence-electron chi connectivity index (χ3n) is 4.86. The van der Waals surface area contributed by atoms with E-state index in [0.717, 1.165) is 17.7 Å². The molecule has 158 valence electrons. The van der Waals surface area contributed by atoms with E-state index in [1.165, 1.54) is 12.4 Å². The van der Waals surface area contributed by atoms with E-state index in [1.807, 2.05) is 13.0 Å². The predicted octanol–water partition coefficient (Wildman–Crippen LogP) is 5.01. The van der Waals surface area contributed by atoms with Crippen LogP contribution in [-0.4, -0.2) is 25.7 Å². The van der Waals surface area contributed by atoms with Gasteiger partial charge in [-0.2, -0.15) is 13.2 Å². The normalized spacial score (nSPS) is 11.8. The molecular weight excluding hydrogens is 431 g/mol. The number of aryl methyl sites for hydroxylation is 1. The fourth-order valence-corrected chi connectivity index (χ4v) is 3.37. The number of anilines is 1. The van der Waals surface area contributed by atoms with Crippen LogP contribution in [0, 0.1) is 6.92 Å². The Balaban J connectivity index is 1.68. The minimum absolute atomic E-state index is 0.000870.